The highest BCUT2D eigenvalue weighted by atomic mass is 31.2. The number of ether oxygens (including phenoxy) is 3. The number of rotatable bonds is 15. The molecule has 1 unspecified atom stereocenters. The van der Waals surface area contributed by atoms with Gasteiger partial charge in [-0.15, -0.1) is 0 Å². The van der Waals surface area contributed by atoms with E-state index in [9.17, 15) is 9.36 Å². The van der Waals surface area contributed by atoms with Crippen molar-refractivity contribution in [3.63, 3.8) is 0 Å². The lowest BCUT2D eigenvalue weighted by atomic mass is 10.2. The van der Waals surface area contributed by atoms with Crippen LogP contribution in [0.3, 0.4) is 0 Å². The Bertz CT molecular complexity index is 361. The molecular formula is C14H30NO8P. The van der Waals surface area contributed by atoms with Crippen LogP contribution < -0.4 is 5.32 Å². The molecule has 1 N–H and O–H groups in total. The highest BCUT2D eigenvalue weighted by Crippen LogP contribution is 2.47. The van der Waals surface area contributed by atoms with E-state index in [0.29, 0.717) is 19.8 Å². The van der Waals surface area contributed by atoms with Crippen molar-refractivity contribution < 1.29 is 37.1 Å². The lowest BCUT2D eigenvalue weighted by Crippen LogP contribution is -2.31. The molecule has 24 heavy (non-hydrogen) atoms. The van der Waals surface area contributed by atoms with Gasteiger partial charge in [0, 0.05) is 35.0 Å². The summed E-state index contributed by atoms with van der Waals surface area (Å²) in [4.78, 5) is 11.5. The fourth-order valence-electron chi connectivity index (χ4n) is 1.72. The van der Waals surface area contributed by atoms with E-state index in [1.807, 2.05) is 0 Å². The fraction of sp³-hybridized carbons (Fsp3) is 0.929. The van der Waals surface area contributed by atoms with Crippen LogP contribution >= 0.6 is 7.82 Å². The van der Waals surface area contributed by atoms with Crippen molar-refractivity contribution >= 4 is 13.9 Å². The lowest BCUT2D eigenvalue weighted by molar-refractivity contribution is -0.0111. The molecule has 0 aromatic carbocycles. The lowest BCUT2D eigenvalue weighted by Gasteiger charge is -2.14. The second kappa shape index (κ2) is 14.6. The summed E-state index contributed by atoms with van der Waals surface area (Å²) >= 11 is 0. The van der Waals surface area contributed by atoms with Crippen LogP contribution in [-0.2, 0) is 32.3 Å². The standard InChI is InChI=1S/C14H30NO8P/c1-18-11-13(19-2)12-22-14(16)15-9-7-5-6-8-10-23-24(17,20-3)21-4/h13H,5-12H2,1-4H3,(H,15,16). The molecule has 0 rings (SSSR count). The Morgan fingerprint density at radius 2 is 1.67 bits per heavy atom. The fourth-order valence-corrected chi connectivity index (χ4v) is 2.43. The summed E-state index contributed by atoms with van der Waals surface area (Å²) in [6.45, 7) is 1.33. The molecule has 1 atom stereocenters. The maximum atomic E-state index is 11.6. The highest BCUT2D eigenvalue weighted by Gasteiger charge is 2.21. The second-order valence-corrected chi connectivity index (χ2v) is 6.78. The van der Waals surface area contributed by atoms with Crippen LogP contribution in [0.4, 0.5) is 4.79 Å². The third-order valence-corrected chi connectivity index (χ3v) is 4.52. The minimum atomic E-state index is -3.37. The van der Waals surface area contributed by atoms with Gasteiger partial charge in [0.2, 0.25) is 0 Å². The van der Waals surface area contributed by atoms with Crippen molar-refractivity contribution in [3.8, 4) is 0 Å². The van der Waals surface area contributed by atoms with E-state index < -0.39 is 13.9 Å². The third kappa shape index (κ3) is 11.8. The zero-order chi connectivity index (χ0) is 18.3. The number of phosphoric ester groups is 1. The monoisotopic (exact) mass is 371 g/mol. The van der Waals surface area contributed by atoms with Gasteiger partial charge < -0.3 is 19.5 Å². The van der Waals surface area contributed by atoms with Gasteiger partial charge in [-0.1, -0.05) is 12.8 Å². The topological polar surface area (TPSA) is 102 Å². The summed E-state index contributed by atoms with van der Waals surface area (Å²) in [5.74, 6) is 0. The highest BCUT2D eigenvalue weighted by molar-refractivity contribution is 7.48. The van der Waals surface area contributed by atoms with Crippen molar-refractivity contribution in [2.24, 2.45) is 0 Å². The Morgan fingerprint density at radius 1 is 1.00 bits per heavy atom. The van der Waals surface area contributed by atoms with Gasteiger partial charge in [-0.3, -0.25) is 13.6 Å². The number of carbonyl (C=O) groups is 1. The minimum Gasteiger partial charge on any atom is -0.447 e. The number of hydrogen-bond acceptors (Lipinski definition) is 8. The Morgan fingerprint density at radius 3 is 2.25 bits per heavy atom. The van der Waals surface area contributed by atoms with Gasteiger partial charge in [-0.25, -0.2) is 9.36 Å². The van der Waals surface area contributed by atoms with Gasteiger partial charge in [0.25, 0.3) is 0 Å². The van der Waals surface area contributed by atoms with Gasteiger partial charge in [0.15, 0.2) is 0 Å². The van der Waals surface area contributed by atoms with Gasteiger partial charge >= 0.3 is 13.9 Å². The molecule has 0 spiro atoms. The quantitative estimate of drug-likeness (QED) is 0.346. The number of nitrogens with one attached hydrogen (secondary N) is 1. The first-order chi connectivity index (χ1) is 11.5. The van der Waals surface area contributed by atoms with E-state index in [4.69, 9.17) is 18.7 Å². The van der Waals surface area contributed by atoms with Crippen LogP contribution in [0, 0.1) is 0 Å². The first kappa shape index (κ1) is 23.3. The number of alkyl carbamates (subject to hydrolysis) is 1. The molecule has 0 fully saturated rings. The molecule has 1 amide bonds. The minimum absolute atomic E-state index is 0.145. The first-order valence-corrected chi connectivity index (χ1v) is 9.25. The summed E-state index contributed by atoms with van der Waals surface area (Å²) in [7, 11) is 2.27. The van der Waals surface area contributed by atoms with Gasteiger partial charge in [0.05, 0.1) is 13.2 Å². The summed E-state index contributed by atoms with van der Waals surface area (Å²) in [6.07, 6.45) is 2.58. The normalized spacial score (nSPS) is 12.8. The van der Waals surface area contributed by atoms with Crippen molar-refractivity contribution in [2.75, 3.05) is 54.8 Å². The van der Waals surface area contributed by atoms with Crippen molar-refractivity contribution in [3.05, 3.63) is 0 Å². The van der Waals surface area contributed by atoms with E-state index in [1.165, 1.54) is 21.3 Å². The van der Waals surface area contributed by atoms with Crippen LogP contribution in [0.1, 0.15) is 25.7 Å². The van der Waals surface area contributed by atoms with Gasteiger partial charge in [-0.2, -0.15) is 0 Å². The molecule has 0 heterocycles. The maximum absolute atomic E-state index is 11.6. The predicted octanol–water partition coefficient (Wildman–Crippen LogP) is 2.35. The number of amides is 1. The van der Waals surface area contributed by atoms with E-state index >= 15 is 0 Å². The molecule has 0 aliphatic heterocycles. The van der Waals surface area contributed by atoms with Gasteiger partial charge in [0.1, 0.15) is 12.7 Å². The van der Waals surface area contributed by atoms with Crippen LogP contribution in [0.2, 0.25) is 0 Å². The molecule has 0 aliphatic rings. The number of phosphoric acid groups is 1. The molecule has 0 aromatic rings. The van der Waals surface area contributed by atoms with Crippen LogP contribution in [-0.4, -0.2) is 67.0 Å². The number of unbranched alkanes of at least 4 members (excludes halogenated alkanes) is 3. The Labute approximate surface area is 143 Å². The molecule has 0 saturated heterocycles. The van der Waals surface area contributed by atoms with E-state index in [1.54, 1.807) is 7.11 Å². The number of carbonyl (C=O) groups excluding carboxylic acids is 1. The van der Waals surface area contributed by atoms with Crippen molar-refractivity contribution in [1.29, 1.82) is 0 Å². The van der Waals surface area contributed by atoms with Crippen LogP contribution in [0.25, 0.3) is 0 Å². The third-order valence-electron chi connectivity index (χ3n) is 3.12. The zero-order valence-corrected chi connectivity index (χ0v) is 15.8. The average Bonchev–Trinajstić information content (AvgIpc) is 2.60. The summed E-state index contributed by atoms with van der Waals surface area (Å²) in [6, 6.07) is 0. The molecule has 0 saturated carbocycles. The molecule has 144 valence electrons. The van der Waals surface area contributed by atoms with E-state index in [2.05, 4.69) is 14.4 Å². The van der Waals surface area contributed by atoms with Crippen LogP contribution in [0.15, 0.2) is 0 Å². The predicted molar refractivity (Wildman–Crippen MR) is 88.1 cm³/mol. The SMILES string of the molecule is COCC(COC(=O)NCCCCCCOP(=O)(OC)OC)OC. The number of methoxy groups -OCH3 is 2. The van der Waals surface area contributed by atoms with E-state index in [-0.39, 0.29) is 12.7 Å². The Balaban J connectivity index is 3.53. The molecule has 0 radical (unpaired) electrons. The molecule has 0 bridgehead atoms. The van der Waals surface area contributed by atoms with E-state index in [0.717, 1.165) is 25.7 Å². The molecule has 0 aliphatic carbocycles. The second-order valence-electron chi connectivity index (χ2n) is 4.90. The van der Waals surface area contributed by atoms with Crippen molar-refractivity contribution in [1.82, 2.24) is 5.32 Å². The largest absolute Gasteiger partial charge is 0.474 e. The molecule has 10 heteroatoms. The van der Waals surface area contributed by atoms with Crippen molar-refractivity contribution in [2.45, 2.75) is 31.8 Å². The first-order valence-electron chi connectivity index (χ1n) is 7.79. The average molecular weight is 371 g/mol. The maximum Gasteiger partial charge on any atom is 0.474 e. The van der Waals surface area contributed by atoms with Gasteiger partial charge in [-0.05, 0) is 12.8 Å². The Kier molecular flexibility index (Phi) is 14.2. The molecule has 0 aromatic heterocycles. The summed E-state index contributed by atoms with van der Waals surface area (Å²) in [5.41, 5.74) is 0. The number of hydrogen-bond donors (Lipinski definition) is 1. The Hall–Kier alpha value is -0.700. The molecule has 9 nitrogen and oxygen atoms in total. The molecular weight excluding hydrogens is 341 g/mol. The van der Waals surface area contributed by atoms with Crippen LogP contribution in [0.5, 0.6) is 0 Å². The summed E-state index contributed by atoms with van der Waals surface area (Å²) in [5, 5.41) is 2.66. The smallest absolute Gasteiger partial charge is 0.447 e. The summed E-state index contributed by atoms with van der Waals surface area (Å²) < 4.78 is 41.0. The zero-order valence-electron chi connectivity index (χ0n) is 14.9.